The quantitative estimate of drug-likeness (QED) is 0.861. The molecule has 0 saturated heterocycles. The number of fused-ring (bicyclic) bond motifs is 1. The summed E-state index contributed by atoms with van der Waals surface area (Å²) in [5, 5.41) is 6.16. The first kappa shape index (κ1) is 16.9. The van der Waals surface area contributed by atoms with Crippen LogP contribution in [0.3, 0.4) is 0 Å². The first-order valence-corrected chi connectivity index (χ1v) is 6.58. The fraction of sp³-hybridized carbons (Fsp3) is 0.462. The second-order valence-corrected chi connectivity index (χ2v) is 4.64. The van der Waals surface area contributed by atoms with Crippen LogP contribution in [-0.4, -0.2) is 39.3 Å². The first-order valence-electron chi connectivity index (χ1n) is 6.20. The molecule has 0 atom stereocenters. The largest absolute Gasteiger partial charge is 0.486 e. The molecule has 0 unspecified atom stereocenters. The van der Waals surface area contributed by atoms with Crippen molar-refractivity contribution in [3.8, 4) is 11.5 Å². The molecule has 1 aliphatic rings. The molecule has 1 aromatic rings. The Bertz CT molecular complexity index is 469. The van der Waals surface area contributed by atoms with Gasteiger partial charge >= 0.3 is 0 Å². The number of ether oxygens (including phenoxy) is 2. The summed E-state index contributed by atoms with van der Waals surface area (Å²) < 4.78 is 11.0. The molecule has 1 aliphatic heterocycles. The number of benzene rings is 1. The van der Waals surface area contributed by atoms with Crippen molar-refractivity contribution in [3.05, 3.63) is 22.7 Å². The van der Waals surface area contributed by atoms with Crippen LogP contribution < -0.4 is 20.1 Å². The van der Waals surface area contributed by atoms with Gasteiger partial charge in [0.2, 0.25) is 5.91 Å². The van der Waals surface area contributed by atoms with Gasteiger partial charge in [0.15, 0.2) is 11.5 Å². The van der Waals surface area contributed by atoms with Crippen molar-refractivity contribution in [1.82, 2.24) is 10.6 Å². The van der Waals surface area contributed by atoms with E-state index in [9.17, 15) is 4.79 Å². The Morgan fingerprint density at radius 3 is 2.85 bits per heavy atom. The van der Waals surface area contributed by atoms with Crippen LogP contribution in [0.15, 0.2) is 12.1 Å². The van der Waals surface area contributed by atoms with E-state index in [1.807, 2.05) is 12.1 Å². The van der Waals surface area contributed by atoms with Crippen LogP contribution in [0.5, 0.6) is 11.5 Å². The molecule has 1 aromatic carbocycles. The lowest BCUT2D eigenvalue weighted by molar-refractivity contribution is -0.120. The molecule has 0 saturated carbocycles. The van der Waals surface area contributed by atoms with Crippen LogP contribution in [-0.2, 0) is 11.2 Å². The minimum atomic E-state index is -0.0221. The van der Waals surface area contributed by atoms with Gasteiger partial charge in [0.05, 0.1) is 11.6 Å². The van der Waals surface area contributed by atoms with Crippen LogP contribution in [0.1, 0.15) is 5.56 Å². The third-order valence-corrected chi connectivity index (χ3v) is 3.01. The van der Waals surface area contributed by atoms with Gasteiger partial charge in [-0.15, -0.1) is 12.4 Å². The Balaban J connectivity index is 0.00000200. The van der Waals surface area contributed by atoms with E-state index in [-0.39, 0.29) is 18.3 Å². The van der Waals surface area contributed by atoms with Gasteiger partial charge in [-0.25, -0.2) is 0 Å². The predicted molar refractivity (Wildman–Crippen MR) is 80.3 cm³/mol. The highest BCUT2D eigenvalue weighted by atomic mass is 35.5. The molecule has 20 heavy (non-hydrogen) atoms. The fourth-order valence-electron chi connectivity index (χ4n) is 1.88. The van der Waals surface area contributed by atoms with Crippen LogP contribution in [0.2, 0.25) is 5.02 Å². The summed E-state index contributed by atoms with van der Waals surface area (Å²) in [6, 6.07) is 3.75. The smallest absolute Gasteiger partial charge is 0.233 e. The highest BCUT2D eigenvalue weighted by Gasteiger charge is 2.16. The summed E-state index contributed by atoms with van der Waals surface area (Å²) in [5.41, 5.74) is 1.01. The maximum absolute atomic E-state index is 11.3. The summed E-state index contributed by atoms with van der Waals surface area (Å²) in [6.07, 6.45) is 0.700. The second kappa shape index (κ2) is 8.19. The monoisotopic (exact) mass is 320 g/mol. The first-order chi connectivity index (χ1) is 9.20. The van der Waals surface area contributed by atoms with Gasteiger partial charge in [-0.1, -0.05) is 11.6 Å². The van der Waals surface area contributed by atoms with E-state index in [4.69, 9.17) is 21.1 Å². The van der Waals surface area contributed by atoms with Gasteiger partial charge in [0, 0.05) is 6.54 Å². The fourth-order valence-corrected chi connectivity index (χ4v) is 2.17. The van der Waals surface area contributed by atoms with Gasteiger partial charge in [0.25, 0.3) is 0 Å². The molecular weight excluding hydrogens is 303 g/mol. The molecule has 0 fully saturated rings. The van der Waals surface area contributed by atoms with Crippen molar-refractivity contribution in [2.75, 3.05) is 33.4 Å². The molecule has 0 aliphatic carbocycles. The van der Waals surface area contributed by atoms with E-state index < -0.39 is 0 Å². The van der Waals surface area contributed by atoms with Gasteiger partial charge in [0.1, 0.15) is 13.2 Å². The molecule has 112 valence electrons. The van der Waals surface area contributed by atoms with Gasteiger partial charge in [-0.3, -0.25) is 4.79 Å². The highest BCUT2D eigenvalue weighted by Crippen LogP contribution is 2.38. The van der Waals surface area contributed by atoms with Gasteiger partial charge in [-0.2, -0.15) is 0 Å². The lowest BCUT2D eigenvalue weighted by Crippen LogP contribution is -2.33. The summed E-state index contributed by atoms with van der Waals surface area (Å²) in [7, 11) is 1.74. The topological polar surface area (TPSA) is 59.6 Å². The van der Waals surface area contributed by atoms with E-state index in [1.54, 1.807) is 7.05 Å². The third-order valence-electron chi connectivity index (χ3n) is 2.73. The normalized spacial score (nSPS) is 12.5. The minimum absolute atomic E-state index is 0. The molecule has 2 N–H and O–H groups in total. The Kier molecular flexibility index (Phi) is 6.91. The molecule has 0 bridgehead atoms. The highest BCUT2D eigenvalue weighted by molar-refractivity contribution is 6.32. The Morgan fingerprint density at radius 2 is 2.10 bits per heavy atom. The molecule has 2 rings (SSSR count). The third kappa shape index (κ3) is 4.44. The van der Waals surface area contributed by atoms with Crippen molar-refractivity contribution in [2.45, 2.75) is 6.42 Å². The number of amides is 1. The lowest BCUT2D eigenvalue weighted by Gasteiger charge is -2.20. The Morgan fingerprint density at radius 1 is 1.35 bits per heavy atom. The SMILES string of the molecule is CNCC(=O)NCCc1cc(Cl)c2c(c1)OCCO2.Cl. The van der Waals surface area contributed by atoms with E-state index in [0.29, 0.717) is 49.2 Å². The average Bonchev–Trinajstić information content (AvgIpc) is 2.39. The number of hydrogen-bond donors (Lipinski definition) is 2. The van der Waals surface area contributed by atoms with Crippen molar-refractivity contribution in [3.63, 3.8) is 0 Å². The predicted octanol–water partition coefficient (Wildman–Crippen LogP) is 1.41. The van der Waals surface area contributed by atoms with E-state index >= 15 is 0 Å². The number of carbonyl (C=O) groups excluding carboxylic acids is 1. The summed E-state index contributed by atoms with van der Waals surface area (Å²) in [4.78, 5) is 11.3. The Labute approximate surface area is 129 Å². The number of nitrogens with one attached hydrogen (secondary N) is 2. The van der Waals surface area contributed by atoms with Crippen LogP contribution in [0, 0.1) is 0 Å². The zero-order valence-electron chi connectivity index (χ0n) is 11.2. The molecule has 0 aromatic heterocycles. The molecule has 1 heterocycles. The maximum Gasteiger partial charge on any atom is 0.233 e. The van der Waals surface area contributed by atoms with Crippen molar-refractivity contribution >= 4 is 29.9 Å². The number of hydrogen-bond acceptors (Lipinski definition) is 4. The van der Waals surface area contributed by atoms with Crippen molar-refractivity contribution in [2.24, 2.45) is 0 Å². The molecular formula is C13H18Cl2N2O3. The standard InChI is InChI=1S/C13H17ClN2O3.ClH/c1-15-8-12(17)16-3-2-9-6-10(14)13-11(7-9)18-4-5-19-13;/h6-7,15H,2-5,8H2,1H3,(H,16,17);1H. The second-order valence-electron chi connectivity index (χ2n) is 4.23. The number of carbonyl (C=O) groups is 1. The Hall–Kier alpha value is -1.17. The van der Waals surface area contributed by atoms with Crippen LogP contribution in [0.4, 0.5) is 0 Å². The zero-order valence-corrected chi connectivity index (χ0v) is 12.8. The molecule has 1 amide bonds. The van der Waals surface area contributed by atoms with Crippen LogP contribution >= 0.6 is 24.0 Å². The lowest BCUT2D eigenvalue weighted by atomic mass is 10.1. The zero-order chi connectivity index (χ0) is 13.7. The van der Waals surface area contributed by atoms with Crippen LogP contribution in [0.25, 0.3) is 0 Å². The molecule has 7 heteroatoms. The number of halogens is 2. The summed E-state index contributed by atoms with van der Waals surface area (Å²) in [5.74, 6) is 1.26. The van der Waals surface area contributed by atoms with Gasteiger partial charge in [-0.05, 0) is 31.2 Å². The maximum atomic E-state index is 11.3. The molecule has 5 nitrogen and oxygen atoms in total. The van der Waals surface area contributed by atoms with E-state index in [1.165, 1.54) is 0 Å². The average molecular weight is 321 g/mol. The van der Waals surface area contributed by atoms with Gasteiger partial charge < -0.3 is 20.1 Å². The summed E-state index contributed by atoms with van der Waals surface area (Å²) in [6.45, 7) is 1.94. The van der Waals surface area contributed by atoms with Crippen molar-refractivity contribution in [1.29, 1.82) is 0 Å². The molecule has 0 spiro atoms. The van der Waals surface area contributed by atoms with E-state index in [0.717, 1.165) is 5.56 Å². The molecule has 0 radical (unpaired) electrons. The number of rotatable bonds is 5. The van der Waals surface area contributed by atoms with E-state index in [2.05, 4.69) is 10.6 Å². The summed E-state index contributed by atoms with van der Waals surface area (Å²) >= 11 is 6.14. The minimum Gasteiger partial charge on any atom is -0.486 e. The number of likely N-dealkylation sites (N-methyl/N-ethyl adjacent to an activating group) is 1. The van der Waals surface area contributed by atoms with Crippen molar-refractivity contribution < 1.29 is 14.3 Å².